The van der Waals surface area contributed by atoms with E-state index in [1.165, 1.54) is 6.07 Å². The lowest BCUT2D eigenvalue weighted by Crippen LogP contribution is -2.19. The van der Waals surface area contributed by atoms with Gasteiger partial charge in [0.1, 0.15) is 11.6 Å². The number of anilines is 1. The molecule has 0 amide bonds. The number of nitrogens with zero attached hydrogens (tertiary/aromatic N) is 2. The van der Waals surface area contributed by atoms with Gasteiger partial charge >= 0.3 is 6.36 Å². The summed E-state index contributed by atoms with van der Waals surface area (Å²) in [5.41, 5.74) is 4.09. The molecule has 0 aliphatic carbocycles. The zero-order chi connectivity index (χ0) is 11.6. The minimum Gasteiger partial charge on any atom is -0.400 e. The Labute approximate surface area is 80.9 Å². The Bertz CT molecular complexity index is 423. The van der Waals surface area contributed by atoms with E-state index < -0.39 is 29.3 Å². The van der Waals surface area contributed by atoms with Crippen LogP contribution in [0.25, 0.3) is 0 Å². The van der Waals surface area contributed by atoms with Crippen LogP contribution in [0, 0.1) is 17.1 Å². The SMILES string of the molecule is N#Cc1c(F)cnc(N)c1OC(F)(F)F. The van der Waals surface area contributed by atoms with Crippen molar-refractivity contribution in [1.82, 2.24) is 4.98 Å². The molecule has 1 heterocycles. The van der Waals surface area contributed by atoms with Crippen molar-refractivity contribution in [2.75, 3.05) is 5.73 Å². The number of pyridine rings is 1. The van der Waals surface area contributed by atoms with Gasteiger partial charge in [-0.25, -0.2) is 9.37 Å². The van der Waals surface area contributed by atoms with Gasteiger partial charge < -0.3 is 10.5 Å². The first-order valence-corrected chi connectivity index (χ1v) is 3.45. The van der Waals surface area contributed by atoms with E-state index in [1.807, 2.05) is 0 Å². The number of alkyl halides is 3. The summed E-state index contributed by atoms with van der Waals surface area (Å²) < 4.78 is 51.7. The Morgan fingerprint density at radius 2 is 2.07 bits per heavy atom. The predicted molar refractivity (Wildman–Crippen MR) is 40.0 cm³/mol. The smallest absolute Gasteiger partial charge is 0.400 e. The lowest BCUT2D eigenvalue weighted by molar-refractivity contribution is -0.274. The number of halogens is 4. The van der Waals surface area contributed by atoms with Gasteiger partial charge in [-0.15, -0.1) is 13.2 Å². The van der Waals surface area contributed by atoms with Crippen molar-refractivity contribution in [2.45, 2.75) is 6.36 Å². The first-order valence-electron chi connectivity index (χ1n) is 3.45. The highest BCUT2D eigenvalue weighted by Gasteiger charge is 2.34. The van der Waals surface area contributed by atoms with Crippen LogP contribution in [-0.2, 0) is 0 Å². The predicted octanol–water partition coefficient (Wildman–Crippen LogP) is 1.57. The molecule has 0 aliphatic rings. The molecule has 0 aromatic carbocycles. The molecule has 0 bridgehead atoms. The van der Waals surface area contributed by atoms with Crippen LogP contribution in [0.4, 0.5) is 23.4 Å². The van der Waals surface area contributed by atoms with Crippen LogP contribution in [0.5, 0.6) is 5.75 Å². The van der Waals surface area contributed by atoms with Crippen LogP contribution >= 0.6 is 0 Å². The van der Waals surface area contributed by atoms with Gasteiger partial charge in [0.15, 0.2) is 17.4 Å². The Hall–Kier alpha value is -2.04. The first kappa shape index (κ1) is 11.0. The summed E-state index contributed by atoms with van der Waals surface area (Å²) in [6, 6.07) is 1.21. The monoisotopic (exact) mass is 221 g/mol. The Morgan fingerprint density at radius 3 is 2.53 bits per heavy atom. The number of ether oxygens (including phenoxy) is 1. The van der Waals surface area contributed by atoms with Gasteiger partial charge in [-0.3, -0.25) is 0 Å². The van der Waals surface area contributed by atoms with Crippen LogP contribution in [0.3, 0.4) is 0 Å². The average molecular weight is 221 g/mol. The molecular formula is C7H3F4N3O. The first-order chi connectivity index (χ1) is 6.85. The topological polar surface area (TPSA) is 71.9 Å². The molecule has 0 fully saturated rings. The molecule has 0 unspecified atom stereocenters. The van der Waals surface area contributed by atoms with Crippen LogP contribution in [-0.4, -0.2) is 11.3 Å². The Morgan fingerprint density at radius 1 is 1.47 bits per heavy atom. The molecular weight excluding hydrogens is 218 g/mol. The lowest BCUT2D eigenvalue weighted by Gasteiger charge is -2.11. The molecule has 0 saturated carbocycles. The minimum absolute atomic E-state index is 0.539. The zero-order valence-electron chi connectivity index (χ0n) is 6.97. The van der Waals surface area contributed by atoms with E-state index in [0.29, 0.717) is 6.20 Å². The maximum Gasteiger partial charge on any atom is 0.573 e. The summed E-state index contributed by atoms with van der Waals surface area (Å²) in [6.07, 6.45) is -4.52. The molecule has 0 radical (unpaired) electrons. The number of nitrogens with two attached hydrogens (primary N) is 1. The number of rotatable bonds is 1. The fourth-order valence-electron chi connectivity index (χ4n) is 0.809. The standard InChI is InChI=1S/C7H3F4N3O/c8-4-2-14-6(13)5(3(4)1-12)15-7(9,10)11/h2H,(H2,13,14). The highest BCUT2D eigenvalue weighted by Crippen LogP contribution is 2.31. The van der Waals surface area contributed by atoms with Crippen molar-refractivity contribution in [3.05, 3.63) is 17.6 Å². The van der Waals surface area contributed by atoms with E-state index in [9.17, 15) is 17.6 Å². The van der Waals surface area contributed by atoms with E-state index >= 15 is 0 Å². The van der Waals surface area contributed by atoms with Crippen molar-refractivity contribution in [2.24, 2.45) is 0 Å². The number of hydrogen-bond acceptors (Lipinski definition) is 4. The van der Waals surface area contributed by atoms with Gasteiger partial charge in [0.25, 0.3) is 0 Å². The maximum absolute atomic E-state index is 12.8. The second kappa shape index (κ2) is 3.61. The molecule has 1 aromatic rings. The van der Waals surface area contributed by atoms with Crippen LogP contribution < -0.4 is 10.5 Å². The van der Waals surface area contributed by atoms with Gasteiger partial charge in [-0.2, -0.15) is 5.26 Å². The third-order valence-electron chi connectivity index (χ3n) is 1.35. The van der Waals surface area contributed by atoms with E-state index in [2.05, 4.69) is 9.72 Å². The molecule has 2 N–H and O–H groups in total. The number of nitrogen functional groups attached to an aromatic ring is 1. The van der Waals surface area contributed by atoms with E-state index in [4.69, 9.17) is 11.0 Å². The maximum atomic E-state index is 12.8. The number of nitriles is 1. The molecule has 4 nitrogen and oxygen atoms in total. The van der Waals surface area contributed by atoms with Crippen molar-refractivity contribution < 1.29 is 22.3 Å². The van der Waals surface area contributed by atoms with Crippen molar-refractivity contribution in [1.29, 1.82) is 5.26 Å². The Balaban J connectivity index is 3.28. The van der Waals surface area contributed by atoms with Crippen LogP contribution in [0.2, 0.25) is 0 Å². The van der Waals surface area contributed by atoms with Crippen LogP contribution in [0.15, 0.2) is 6.20 Å². The van der Waals surface area contributed by atoms with Crippen LogP contribution in [0.1, 0.15) is 5.56 Å². The molecule has 0 saturated heterocycles. The van der Waals surface area contributed by atoms with Gasteiger partial charge in [0, 0.05) is 0 Å². The van der Waals surface area contributed by atoms with E-state index in [0.717, 1.165) is 0 Å². The van der Waals surface area contributed by atoms with Crippen molar-refractivity contribution >= 4 is 5.82 Å². The molecule has 1 rings (SSSR count). The zero-order valence-corrected chi connectivity index (χ0v) is 6.97. The summed E-state index contributed by atoms with van der Waals surface area (Å²) in [6.45, 7) is 0. The van der Waals surface area contributed by atoms with Gasteiger partial charge in [0.2, 0.25) is 0 Å². The van der Waals surface area contributed by atoms with Gasteiger partial charge in [-0.05, 0) is 0 Å². The largest absolute Gasteiger partial charge is 0.573 e. The molecule has 0 atom stereocenters. The third kappa shape index (κ3) is 2.46. The normalized spacial score (nSPS) is 10.9. The van der Waals surface area contributed by atoms with Gasteiger partial charge in [-0.1, -0.05) is 0 Å². The summed E-state index contributed by atoms with van der Waals surface area (Å²) in [5, 5.41) is 8.40. The average Bonchev–Trinajstić information content (AvgIpc) is 2.10. The van der Waals surface area contributed by atoms with Crippen molar-refractivity contribution in [3.8, 4) is 11.8 Å². The number of hydrogen-bond donors (Lipinski definition) is 1. The molecule has 80 valence electrons. The highest BCUT2D eigenvalue weighted by molar-refractivity contribution is 5.56. The summed E-state index contributed by atoms with van der Waals surface area (Å²) in [4.78, 5) is 3.10. The summed E-state index contributed by atoms with van der Waals surface area (Å²) >= 11 is 0. The minimum atomic E-state index is -5.06. The van der Waals surface area contributed by atoms with Crippen molar-refractivity contribution in [3.63, 3.8) is 0 Å². The number of aromatic nitrogens is 1. The highest BCUT2D eigenvalue weighted by atomic mass is 19.4. The fourth-order valence-corrected chi connectivity index (χ4v) is 0.809. The Kier molecular flexibility index (Phi) is 2.65. The molecule has 1 aromatic heterocycles. The van der Waals surface area contributed by atoms with Gasteiger partial charge in [0.05, 0.1) is 6.20 Å². The quantitative estimate of drug-likeness (QED) is 0.730. The lowest BCUT2D eigenvalue weighted by atomic mass is 10.2. The molecule has 0 spiro atoms. The van der Waals surface area contributed by atoms with E-state index in [1.54, 1.807) is 0 Å². The fraction of sp³-hybridized carbons (Fsp3) is 0.143. The summed E-state index contributed by atoms with van der Waals surface area (Å²) in [7, 11) is 0. The second-order valence-electron chi connectivity index (χ2n) is 2.36. The summed E-state index contributed by atoms with van der Waals surface area (Å²) in [5.74, 6) is -3.05. The third-order valence-corrected chi connectivity index (χ3v) is 1.35. The molecule has 15 heavy (non-hydrogen) atoms. The molecule has 0 aliphatic heterocycles. The van der Waals surface area contributed by atoms with E-state index in [-0.39, 0.29) is 0 Å². The molecule has 8 heteroatoms. The second-order valence-corrected chi connectivity index (χ2v) is 2.36.